The molecule has 2 saturated heterocycles. The Morgan fingerprint density at radius 2 is 1.97 bits per heavy atom. The number of hydrogen-bond acceptors (Lipinski definition) is 7. The van der Waals surface area contributed by atoms with Crippen molar-refractivity contribution in [1.82, 2.24) is 9.21 Å². The quantitative estimate of drug-likeness (QED) is 0.356. The molecule has 4 rings (SSSR count). The van der Waals surface area contributed by atoms with Gasteiger partial charge in [0.2, 0.25) is 10.0 Å². The van der Waals surface area contributed by atoms with Gasteiger partial charge in [-0.05, 0) is 48.6 Å². The molecule has 2 fully saturated rings. The van der Waals surface area contributed by atoms with Gasteiger partial charge in [0.15, 0.2) is 6.27 Å². The second-order valence-electron chi connectivity index (χ2n) is 8.44. The number of aliphatic hydroxyl groups is 1. The van der Waals surface area contributed by atoms with Gasteiger partial charge in [0.1, 0.15) is 0 Å². The van der Waals surface area contributed by atoms with Crippen molar-refractivity contribution in [3.63, 3.8) is 0 Å². The van der Waals surface area contributed by atoms with Crippen LogP contribution in [0.2, 0.25) is 0 Å². The van der Waals surface area contributed by atoms with Crippen LogP contribution in [0.15, 0.2) is 59.5 Å². The van der Waals surface area contributed by atoms with Gasteiger partial charge >= 0.3 is 6.09 Å². The molecule has 2 aromatic rings. The average molecular weight is 562 g/mol. The molecular weight excluding hydrogens is 510 g/mol. The predicted octanol–water partition coefficient (Wildman–Crippen LogP) is 2.63. The van der Waals surface area contributed by atoms with Crippen molar-refractivity contribution in [3.05, 3.63) is 60.2 Å². The smallest absolute Gasteiger partial charge is 0.407 e. The summed E-state index contributed by atoms with van der Waals surface area (Å²) in [6.07, 6.45) is -9.94. The zero-order chi connectivity index (χ0) is 39.7. The summed E-state index contributed by atoms with van der Waals surface area (Å²) in [6.45, 7) is -18.7. The van der Waals surface area contributed by atoms with Crippen molar-refractivity contribution >= 4 is 21.8 Å². The summed E-state index contributed by atoms with van der Waals surface area (Å²) in [5.74, 6) is -5.81. The zero-order valence-electron chi connectivity index (χ0n) is 33.9. The van der Waals surface area contributed by atoms with Crippen LogP contribution >= 0.6 is 0 Å². The highest BCUT2D eigenvalue weighted by Crippen LogP contribution is 2.36. The molecule has 2 aromatic carbocycles. The van der Waals surface area contributed by atoms with E-state index in [4.69, 9.17) is 31.7 Å². The highest BCUT2D eigenvalue weighted by atomic mass is 32.2. The summed E-state index contributed by atoms with van der Waals surface area (Å²) in [7, 11) is -5.84. The first-order chi connectivity index (χ1) is 23.5. The Kier molecular flexibility index (Phi) is 4.79. The van der Waals surface area contributed by atoms with Crippen molar-refractivity contribution in [1.29, 1.82) is 0 Å². The number of hydrogen-bond donors (Lipinski definition) is 3. The third-order valence-corrected chi connectivity index (χ3v) is 7.50. The zero-order valence-corrected chi connectivity index (χ0v) is 20.8. The van der Waals surface area contributed by atoms with Gasteiger partial charge in [-0.1, -0.05) is 44.0 Å². The van der Waals surface area contributed by atoms with Crippen LogP contribution in [0, 0.1) is 11.8 Å². The Morgan fingerprint density at radius 3 is 2.63 bits per heavy atom. The second-order valence-corrected chi connectivity index (χ2v) is 10.3. The third kappa shape index (κ3) is 6.29. The molecule has 7 atom stereocenters. The minimum Gasteiger partial charge on any atom is -0.465 e. The van der Waals surface area contributed by atoms with Crippen LogP contribution in [0.4, 0.5) is 10.5 Å². The SMILES string of the molecule is [2H]C1O[C@@]2([2H])OCC[C@H]2C1N(C(=O)O)[C@@]([2H])(Cc1ccccc1)[C@]([2H])(O)[C@@H]([2H])N(C([2H])([2H])C([2H])(C([2H])([2H])[2H])C([2H])([2H])[2H])S(=O)(=O)c1ccc(N)cc1. The first kappa shape index (κ1) is 15.2. The number of carbonyl (C=O) groups is 1. The molecule has 0 bridgehead atoms. The molecule has 2 heterocycles. The van der Waals surface area contributed by atoms with Crippen molar-refractivity contribution in [2.45, 2.75) is 55.8 Å². The van der Waals surface area contributed by atoms with Gasteiger partial charge in [0, 0.05) is 38.3 Å². The molecule has 0 saturated carbocycles. The first-order valence-corrected chi connectivity index (χ1v) is 12.8. The number of anilines is 1. The van der Waals surface area contributed by atoms with Gasteiger partial charge in [0.05, 0.1) is 41.7 Å². The minimum atomic E-state index is -5.84. The van der Waals surface area contributed by atoms with Gasteiger partial charge in [-0.25, -0.2) is 13.2 Å². The number of carboxylic acid groups (broad SMARTS) is 1. The Morgan fingerprint density at radius 1 is 1.26 bits per heavy atom. The number of ether oxygens (including phenoxy) is 2. The summed E-state index contributed by atoms with van der Waals surface area (Å²) in [5, 5.41) is 22.8. The van der Waals surface area contributed by atoms with Gasteiger partial charge in [0.25, 0.3) is 0 Å². The minimum absolute atomic E-state index is 0.0161. The molecule has 2 aliphatic heterocycles. The van der Waals surface area contributed by atoms with Gasteiger partial charge in [-0.2, -0.15) is 4.31 Å². The van der Waals surface area contributed by atoms with E-state index in [1.807, 2.05) is 0 Å². The molecule has 2 aliphatic rings. The maximum Gasteiger partial charge on any atom is 0.407 e. The molecule has 11 heteroatoms. The molecule has 0 aliphatic carbocycles. The summed E-state index contributed by atoms with van der Waals surface area (Å²) in [6, 6.07) is 4.88. The van der Waals surface area contributed by atoms with Crippen LogP contribution in [-0.4, -0.2) is 84.5 Å². The summed E-state index contributed by atoms with van der Waals surface area (Å²) in [4.78, 5) is 12.2. The fourth-order valence-electron chi connectivity index (χ4n) is 4.14. The molecule has 0 aromatic heterocycles. The van der Waals surface area contributed by atoms with Crippen LogP contribution in [-0.2, 0) is 25.9 Å². The maximum absolute atomic E-state index is 14.4. The van der Waals surface area contributed by atoms with E-state index in [1.54, 1.807) is 0 Å². The number of nitrogen functional groups attached to an aromatic ring is 1. The molecular formula is C27H37N3O7S. The Labute approximate surface area is 243 Å². The number of fused-ring (bicyclic) bond motifs is 1. The van der Waals surface area contributed by atoms with Crippen molar-refractivity contribution in [2.24, 2.45) is 11.8 Å². The molecule has 2 unspecified atom stereocenters. The van der Waals surface area contributed by atoms with Gasteiger partial charge in [-0.15, -0.1) is 0 Å². The normalized spacial score (nSPS) is 36.0. The standard InChI is InChI=1S/C27H37N3O7S/c1-18(2)15-29(38(34,35)21-10-8-20(28)9-11-21)16-25(31)23(14-19-6-4-3-5-7-19)30(27(32)33)24-17-37-26-22(24)12-13-36-26/h3-11,18,22-26,31H,12-17,28H2,1-2H3,(H,32,33)/t22-,23-,24?,25+,26+/m0/s1/i1D3,2D3,15D2,16D,17D,18D,23D,25D,26D/t16-,17?,22+,23+,24?,25-,26-/m1. The number of rotatable bonds is 11. The fraction of sp³-hybridized carbons (Fsp3) is 0.519. The number of sulfonamides is 1. The lowest BCUT2D eigenvalue weighted by atomic mass is 9.93. The largest absolute Gasteiger partial charge is 0.465 e. The molecule has 208 valence electrons. The summed E-state index contributed by atoms with van der Waals surface area (Å²) >= 11 is 0. The number of nitrogens with zero attached hydrogens (tertiary/aromatic N) is 2. The monoisotopic (exact) mass is 561 g/mol. The van der Waals surface area contributed by atoms with Gasteiger partial charge in [-0.3, -0.25) is 4.90 Å². The van der Waals surface area contributed by atoms with E-state index in [9.17, 15) is 26.2 Å². The second kappa shape index (κ2) is 12.0. The number of nitrogens with two attached hydrogens (primary N) is 1. The van der Waals surface area contributed by atoms with E-state index >= 15 is 0 Å². The van der Waals surface area contributed by atoms with Gasteiger partial charge < -0.3 is 25.4 Å². The number of amides is 1. The lowest BCUT2D eigenvalue weighted by Gasteiger charge is -2.39. The lowest BCUT2D eigenvalue weighted by molar-refractivity contribution is -0.0906. The van der Waals surface area contributed by atoms with E-state index in [0.717, 1.165) is 24.3 Å². The van der Waals surface area contributed by atoms with E-state index in [2.05, 4.69) is 0 Å². The van der Waals surface area contributed by atoms with Crippen LogP contribution in [0.25, 0.3) is 0 Å². The van der Waals surface area contributed by atoms with Crippen LogP contribution in [0.5, 0.6) is 0 Å². The van der Waals surface area contributed by atoms with Crippen LogP contribution in [0.3, 0.4) is 0 Å². The number of benzene rings is 2. The first-order valence-electron chi connectivity index (χ1n) is 18.5. The molecule has 10 nitrogen and oxygen atoms in total. The highest BCUT2D eigenvalue weighted by molar-refractivity contribution is 7.89. The van der Waals surface area contributed by atoms with Crippen molar-refractivity contribution < 1.29 is 52.1 Å². The molecule has 1 amide bonds. The lowest BCUT2D eigenvalue weighted by Crippen LogP contribution is -2.57. The summed E-state index contributed by atoms with van der Waals surface area (Å²) in [5.41, 5.74) is 5.60. The molecule has 0 radical (unpaired) electrons. The maximum atomic E-state index is 14.4. The Bertz CT molecular complexity index is 1720. The predicted molar refractivity (Wildman–Crippen MR) is 142 cm³/mol. The molecule has 4 N–H and O–H groups in total. The molecule has 38 heavy (non-hydrogen) atoms. The van der Waals surface area contributed by atoms with Crippen molar-refractivity contribution in [3.8, 4) is 0 Å². The fourth-order valence-corrected chi connectivity index (χ4v) is 5.29. The Balaban J connectivity index is 2.07. The van der Waals surface area contributed by atoms with E-state index in [-0.39, 0.29) is 29.2 Å². The summed E-state index contributed by atoms with van der Waals surface area (Å²) < 4.78 is 157. The van der Waals surface area contributed by atoms with Crippen LogP contribution < -0.4 is 5.73 Å². The molecule has 0 spiro atoms. The topological polar surface area (TPSA) is 143 Å². The van der Waals surface area contributed by atoms with Crippen molar-refractivity contribution in [2.75, 3.05) is 31.9 Å². The Hall–Kier alpha value is -2.70. The highest BCUT2D eigenvalue weighted by Gasteiger charge is 2.49. The van der Waals surface area contributed by atoms with E-state index < -0.39 is 101 Å². The third-order valence-electron chi connectivity index (χ3n) is 5.92. The average Bonchev–Trinajstić information content (AvgIpc) is 3.48. The van der Waals surface area contributed by atoms with Crippen LogP contribution in [0.1, 0.15) is 44.9 Å². The van der Waals surface area contributed by atoms with E-state index in [1.165, 1.54) is 30.3 Å². The van der Waals surface area contributed by atoms with E-state index in [0.29, 0.717) is 0 Å².